The predicted octanol–water partition coefficient (Wildman–Crippen LogP) is 0.587. The van der Waals surface area contributed by atoms with Crippen molar-refractivity contribution in [2.24, 2.45) is 5.92 Å². The average molecular weight is 445 g/mol. The van der Waals surface area contributed by atoms with Gasteiger partial charge in [-0.1, -0.05) is 6.07 Å². The molecule has 9 nitrogen and oxygen atoms in total. The van der Waals surface area contributed by atoms with Crippen LogP contribution in [0.2, 0.25) is 0 Å². The van der Waals surface area contributed by atoms with Gasteiger partial charge in [-0.3, -0.25) is 9.69 Å². The van der Waals surface area contributed by atoms with Crippen molar-refractivity contribution >= 4 is 16.1 Å². The van der Waals surface area contributed by atoms with E-state index >= 15 is 0 Å². The minimum atomic E-state index is -3.75. The van der Waals surface area contributed by atoms with Crippen LogP contribution in [-0.2, 0) is 15.0 Å². The molecule has 11 heteroatoms. The zero-order chi connectivity index (χ0) is 21.7. The number of hydrogen-bond donors (Lipinski definition) is 4. The number of halogens is 1. The highest BCUT2D eigenvalue weighted by Gasteiger charge is 2.27. The van der Waals surface area contributed by atoms with Crippen LogP contribution in [0.4, 0.5) is 4.39 Å². The lowest BCUT2D eigenvalue weighted by Gasteiger charge is -2.18. The van der Waals surface area contributed by atoms with Crippen molar-refractivity contribution in [1.29, 1.82) is 0 Å². The highest BCUT2D eigenvalue weighted by Crippen LogP contribution is 2.31. The molecule has 1 saturated carbocycles. The SMILES string of the molecule is C[C@@H](NS(=O)(=O)NCCCCN1CC(=O)NC1O)c1ccc(F)c(OCC2CC2)c1. The normalized spacial score (nSPS) is 20.9. The Morgan fingerprint density at radius 2 is 2.13 bits per heavy atom. The van der Waals surface area contributed by atoms with Gasteiger partial charge in [-0.15, -0.1) is 0 Å². The predicted molar refractivity (Wildman–Crippen MR) is 108 cm³/mol. The number of rotatable bonds is 12. The first-order valence-corrected chi connectivity index (χ1v) is 11.6. The molecule has 0 bridgehead atoms. The topological polar surface area (TPSA) is 120 Å². The van der Waals surface area contributed by atoms with E-state index in [0.717, 1.165) is 12.8 Å². The molecule has 1 saturated heterocycles. The number of carbonyl (C=O) groups is 1. The van der Waals surface area contributed by atoms with E-state index in [0.29, 0.717) is 37.5 Å². The minimum Gasteiger partial charge on any atom is -0.490 e. The van der Waals surface area contributed by atoms with Crippen LogP contribution in [0.25, 0.3) is 0 Å². The Labute approximate surface area is 176 Å². The molecule has 30 heavy (non-hydrogen) atoms. The molecule has 1 unspecified atom stereocenters. The molecule has 2 atom stereocenters. The van der Waals surface area contributed by atoms with E-state index in [1.807, 2.05) is 0 Å². The molecule has 1 amide bonds. The van der Waals surface area contributed by atoms with Gasteiger partial charge in [-0.25, -0.2) is 9.11 Å². The van der Waals surface area contributed by atoms with E-state index in [1.54, 1.807) is 11.8 Å². The molecule has 1 aromatic carbocycles. The highest BCUT2D eigenvalue weighted by molar-refractivity contribution is 7.87. The maximum atomic E-state index is 13.9. The number of aliphatic hydroxyl groups is 1. The van der Waals surface area contributed by atoms with Crippen molar-refractivity contribution in [3.05, 3.63) is 29.6 Å². The second-order valence-electron chi connectivity index (χ2n) is 7.80. The largest absolute Gasteiger partial charge is 0.490 e. The quantitative estimate of drug-likeness (QED) is 0.350. The molecule has 0 spiro atoms. The summed E-state index contributed by atoms with van der Waals surface area (Å²) >= 11 is 0. The van der Waals surface area contributed by atoms with Crippen LogP contribution in [-0.4, -0.2) is 56.9 Å². The number of nitrogens with zero attached hydrogens (tertiary/aromatic N) is 1. The molecule has 1 aromatic rings. The summed E-state index contributed by atoms with van der Waals surface area (Å²) in [4.78, 5) is 12.7. The van der Waals surface area contributed by atoms with Crippen LogP contribution in [0.15, 0.2) is 18.2 Å². The summed E-state index contributed by atoms with van der Waals surface area (Å²) in [7, 11) is -3.75. The van der Waals surface area contributed by atoms with Crippen LogP contribution in [0.3, 0.4) is 0 Å². The lowest BCUT2D eigenvalue weighted by molar-refractivity contribution is -0.119. The maximum Gasteiger partial charge on any atom is 0.277 e. The summed E-state index contributed by atoms with van der Waals surface area (Å²) in [6.45, 7) is 2.98. The zero-order valence-electron chi connectivity index (χ0n) is 16.9. The Bertz CT molecular complexity index is 849. The molecule has 1 aliphatic carbocycles. The molecule has 3 rings (SSSR count). The van der Waals surface area contributed by atoms with Gasteiger partial charge in [0.2, 0.25) is 5.91 Å². The second-order valence-corrected chi connectivity index (χ2v) is 9.33. The number of hydrogen-bond acceptors (Lipinski definition) is 6. The van der Waals surface area contributed by atoms with Gasteiger partial charge in [0.15, 0.2) is 17.9 Å². The van der Waals surface area contributed by atoms with Gasteiger partial charge in [-0.2, -0.15) is 13.1 Å². The van der Waals surface area contributed by atoms with Gasteiger partial charge in [0, 0.05) is 19.1 Å². The first kappa shape index (κ1) is 22.9. The van der Waals surface area contributed by atoms with E-state index < -0.39 is 28.4 Å². The maximum absolute atomic E-state index is 13.9. The van der Waals surface area contributed by atoms with Crippen molar-refractivity contribution in [2.45, 2.75) is 45.0 Å². The lowest BCUT2D eigenvalue weighted by Crippen LogP contribution is -2.39. The van der Waals surface area contributed by atoms with E-state index in [1.165, 1.54) is 18.2 Å². The fraction of sp³-hybridized carbons (Fsp3) is 0.632. The molecule has 168 valence electrons. The van der Waals surface area contributed by atoms with Gasteiger partial charge in [0.1, 0.15) is 0 Å². The fourth-order valence-electron chi connectivity index (χ4n) is 3.13. The molecule has 0 radical (unpaired) electrons. The third-order valence-corrected chi connectivity index (χ3v) is 6.35. The van der Waals surface area contributed by atoms with Gasteiger partial charge < -0.3 is 15.2 Å². The van der Waals surface area contributed by atoms with Gasteiger partial charge in [-0.05, 0) is 56.2 Å². The summed E-state index contributed by atoms with van der Waals surface area (Å²) in [6, 6.07) is 3.77. The smallest absolute Gasteiger partial charge is 0.277 e. The lowest BCUT2D eigenvalue weighted by atomic mass is 10.1. The highest BCUT2D eigenvalue weighted by atomic mass is 32.2. The Morgan fingerprint density at radius 1 is 1.37 bits per heavy atom. The first-order valence-electron chi connectivity index (χ1n) is 10.1. The summed E-state index contributed by atoms with van der Waals surface area (Å²) in [5, 5.41) is 12.0. The van der Waals surface area contributed by atoms with Crippen molar-refractivity contribution in [3.8, 4) is 5.75 Å². The van der Waals surface area contributed by atoms with Gasteiger partial charge in [0.05, 0.1) is 13.2 Å². The van der Waals surface area contributed by atoms with Crippen molar-refractivity contribution in [2.75, 3.05) is 26.2 Å². The third-order valence-electron chi connectivity index (χ3n) is 5.11. The first-order chi connectivity index (χ1) is 14.2. The summed E-state index contributed by atoms with van der Waals surface area (Å²) in [6.07, 6.45) is 2.37. The van der Waals surface area contributed by atoms with Crippen LogP contribution >= 0.6 is 0 Å². The van der Waals surface area contributed by atoms with Crippen molar-refractivity contribution in [3.63, 3.8) is 0 Å². The van der Waals surface area contributed by atoms with Gasteiger partial charge >= 0.3 is 0 Å². The van der Waals surface area contributed by atoms with Gasteiger partial charge in [0.25, 0.3) is 10.2 Å². The number of unbranched alkanes of at least 4 members (excludes halogenated alkanes) is 1. The monoisotopic (exact) mass is 444 g/mol. The Morgan fingerprint density at radius 3 is 2.80 bits per heavy atom. The Kier molecular flexibility index (Phi) is 7.64. The summed E-state index contributed by atoms with van der Waals surface area (Å²) in [5.74, 6) is -0.0787. The fourth-order valence-corrected chi connectivity index (χ4v) is 4.23. The second kappa shape index (κ2) is 10.0. The molecule has 2 aliphatic rings. The van der Waals surface area contributed by atoms with E-state index in [2.05, 4.69) is 14.8 Å². The Balaban J connectivity index is 1.41. The molecule has 1 aliphatic heterocycles. The van der Waals surface area contributed by atoms with E-state index in [4.69, 9.17) is 4.74 Å². The van der Waals surface area contributed by atoms with E-state index in [-0.39, 0.29) is 24.7 Å². The average Bonchev–Trinajstić information content (AvgIpc) is 3.44. The number of ether oxygens (including phenoxy) is 1. The van der Waals surface area contributed by atoms with E-state index in [9.17, 15) is 22.7 Å². The molecule has 4 N–H and O–H groups in total. The number of benzene rings is 1. The number of carbonyl (C=O) groups excluding carboxylic acids is 1. The molecule has 1 heterocycles. The van der Waals surface area contributed by atoms with Crippen molar-refractivity contribution < 1.29 is 27.4 Å². The molecular formula is C19H29FN4O5S. The number of amides is 1. The third kappa shape index (κ3) is 6.88. The summed E-state index contributed by atoms with van der Waals surface area (Å²) < 4.78 is 49.0. The van der Waals surface area contributed by atoms with Crippen LogP contribution in [0.1, 0.15) is 44.2 Å². The van der Waals surface area contributed by atoms with Crippen molar-refractivity contribution in [1.82, 2.24) is 19.7 Å². The number of aliphatic hydroxyl groups excluding tert-OH is 1. The molecular weight excluding hydrogens is 415 g/mol. The minimum absolute atomic E-state index is 0.135. The molecule has 2 fully saturated rings. The van der Waals surface area contributed by atoms with Crippen LogP contribution in [0, 0.1) is 11.7 Å². The number of nitrogens with one attached hydrogen (secondary N) is 3. The van der Waals surface area contributed by atoms with Crippen LogP contribution < -0.4 is 19.5 Å². The Hall–Kier alpha value is -1.79. The standard InChI is InChI=1S/C19H29FN4O5S/c1-13(15-6-7-16(20)17(10-15)29-12-14-4-5-14)23-30(27,28)21-8-2-3-9-24-11-18(25)22-19(24)26/h6-7,10,13-14,19,21,23,26H,2-5,8-9,11-12H2,1H3,(H,22,25)/t13-,19?/m1/s1. The summed E-state index contributed by atoms with van der Waals surface area (Å²) in [5.41, 5.74) is 0.604. The van der Waals surface area contributed by atoms with Crippen LogP contribution in [0.5, 0.6) is 5.75 Å². The molecule has 0 aromatic heterocycles. The zero-order valence-corrected chi connectivity index (χ0v) is 17.8.